The van der Waals surface area contributed by atoms with Crippen LogP contribution < -0.4 is 4.68 Å². The van der Waals surface area contributed by atoms with Crippen LogP contribution in [0.1, 0.15) is 29.4 Å². The second-order valence-electron chi connectivity index (χ2n) is 4.90. The molecule has 21 heavy (non-hydrogen) atoms. The van der Waals surface area contributed by atoms with Crippen LogP contribution in [0.2, 0.25) is 0 Å². The number of nitrogens with zero attached hydrogens (tertiary/aromatic N) is 2. The highest BCUT2D eigenvalue weighted by atomic mass is 19.4. The van der Waals surface area contributed by atoms with E-state index in [4.69, 9.17) is 0 Å². The topological polar surface area (TPSA) is 16.8 Å². The highest BCUT2D eigenvalue weighted by Crippen LogP contribution is 2.37. The van der Waals surface area contributed by atoms with Crippen LogP contribution in [0.5, 0.6) is 0 Å². The van der Waals surface area contributed by atoms with E-state index in [1.807, 2.05) is 0 Å². The van der Waals surface area contributed by atoms with Crippen LogP contribution in [-0.2, 0) is 19.6 Å². The van der Waals surface area contributed by atoms with Crippen LogP contribution in [-0.4, -0.2) is 5.10 Å². The second-order valence-corrected chi connectivity index (χ2v) is 4.90. The van der Waals surface area contributed by atoms with Gasteiger partial charge in [0, 0.05) is 22.5 Å². The highest BCUT2D eigenvalue weighted by molar-refractivity contribution is 5.90. The van der Waals surface area contributed by atoms with Crippen LogP contribution in [0, 0.1) is 25.5 Å². The van der Waals surface area contributed by atoms with Gasteiger partial charge in [0.2, 0.25) is 11.4 Å². The minimum Gasteiger partial charge on any atom is -0.206 e. The van der Waals surface area contributed by atoms with Crippen molar-refractivity contribution < 1.29 is 26.6 Å². The number of rotatable bonds is 1. The van der Waals surface area contributed by atoms with Gasteiger partial charge in [0.05, 0.1) is 5.39 Å². The molecule has 0 saturated heterocycles. The number of hydrogen-bond donors (Lipinski definition) is 0. The van der Waals surface area contributed by atoms with E-state index in [0.29, 0.717) is 5.69 Å². The standard InChI is InChI=1S/C14H14F5N2/c1-5-8-10-9(6(2)11(15)7(3)12(10)16)13(14(17,18)19)20-21(8)4/h5H2,1-4H3/q+1. The van der Waals surface area contributed by atoms with Crippen molar-refractivity contribution in [2.75, 3.05) is 0 Å². The Kier molecular flexibility index (Phi) is 3.63. The number of halogens is 5. The Labute approximate surface area is 118 Å². The Hall–Kier alpha value is -1.79. The van der Waals surface area contributed by atoms with Crippen LogP contribution >= 0.6 is 0 Å². The molecule has 0 amide bonds. The number of aryl methyl sites for hydroxylation is 3. The minimum atomic E-state index is -4.79. The summed E-state index contributed by atoms with van der Waals surface area (Å²) in [5.41, 5.74) is -1.50. The molecule has 0 aliphatic rings. The average molecular weight is 305 g/mol. The molecule has 0 spiro atoms. The maximum absolute atomic E-state index is 14.4. The van der Waals surface area contributed by atoms with E-state index >= 15 is 0 Å². The number of aromatic nitrogens is 2. The lowest BCUT2D eigenvalue weighted by Gasteiger charge is -2.14. The van der Waals surface area contributed by atoms with Gasteiger partial charge in [-0.25, -0.2) is 8.78 Å². The van der Waals surface area contributed by atoms with Crippen molar-refractivity contribution in [3.63, 3.8) is 0 Å². The van der Waals surface area contributed by atoms with Crippen LogP contribution in [0.4, 0.5) is 22.0 Å². The molecule has 2 aromatic rings. The maximum atomic E-state index is 14.4. The molecule has 0 aliphatic heterocycles. The maximum Gasteiger partial charge on any atom is 0.439 e. The molecule has 114 valence electrons. The molecule has 0 bridgehead atoms. The molecule has 2 nitrogen and oxygen atoms in total. The third kappa shape index (κ3) is 2.24. The summed E-state index contributed by atoms with van der Waals surface area (Å²) >= 11 is 0. The van der Waals surface area contributed by atoms with E-state index in [-0.39, 0.29) is 22.9 Å². The fourth-order valence-corrected chi connectivity index (χ4v) is 2.57. The van der Waals surface area contributed by atoms with Gasteiger partial charge in [-0.1, -0.05) is 11.6 Å². The first-order chi connectivity index (χ1) is 9.61. The Morgan fingerprint density at radius 1 is 1.00 bits per heavy atom. The van der Waals surface area contributed by atoms with Gasteiger partial charge in [-0.2, -0.15) is 13.2 Å². The lowest BCUT2D eigenvalue weighted by molar-refractivity contribution is -0.737. The summed E-state index contributed by atoms with van der Waals surface area (Å²) in [5.74, 6) is -1.93. The predicted molar refractivity (Wildman–Crippen MR) is 66.7 cm³/mol. The summed E-state index contributed by atoms with van der Waals surface area (Å²) in [5, 5.41) is 2.76. The summed E-state index contributed by atoms with van der Waals surface area (Å²) < 4.78 is 68.8. The van der Waals surface area contributed by atoms with Crippen molar-refractivity contribution in [3.05, 3.63) is 34.1 Å². The van der Waals surface area contributed by atoms with Gasteiger partial charge in [0.15, 0.2) is 7.05 Å². The van der Waals surface area contributed by atoms with Crippen molar-refractivity contribution in [2.45, 2.75) is 33.4 Å². The molecule has 1 aromatic heterocycles. The first kappa shape index (κ1) is 15.6. The van der Waals surface area contributed by atoms with E-state index in [0.717, 1.165) is 4.68 Å². The normalized spacial score (nSPS) is 12.2. The summed E-state index contributed by atoms with van der Waals surface area (Å²) in [4.78, 5) is 0. The smallest absolute Gasteiger partial charge is 0.206 e. The monoisotopic (exact) mass is 305 g/mol. The van der Waals surface area contributed by atoms with Crippen LogP contribution in [0.3, 0.4) is 0 Å². The number of benzene rings is 1. The van der Waals surface area contributed by atoms with Crippen LogP contribution in [0.25, 0.3) is 10.8 Å². The predicted octanol–water partition coefficient (Wildman–Crippen LogP) is 3.54. The Bertz CT molecular complexity index is 735. The molecule has 1 heterocycles. The molecule has 0 atom stereocenters. The largest absolute Gasteiger partial charge is 0.439 e. The summed E-state index contributed by atoms with van der Waals surface area (Å²) in [6, 6.07) is 0. The molecule has 0 saturated carbocycles. The Balaban J connectivity index is 3.18. The highest BCUT2D eigenvalue weighted by Gasteiger charge is 2.41. The molecule has 0 N–H and O–H groups in total. The zero-order chi connectivity index (χ0) is 16.1. The zero-order valence-corrected chi connectivity index (χ0v) is 12.0. The Morgan fingerprint density at radius 3 is 2.05 bits per heavy atom. The minimum absolute atomic E-state index is 0.210. The van der Waals surface area contributed by atoms with E-state index in [9.17, 15) is 22.0 Å². The number of hydrogen-bond acceptors (Lipinski definition) is 1. The summed E-state index contributed by atoms with van der Waals surface area (Å²) in [6.07, 6.45) is -4.51. The first-order valence-corrected chi connectivity index (χ1v) is 6.35. The van der Waals surface area contributed by atoms with Gasteiger partial charge >= 0.3 is 6.18 Å². The molecule has 2 rings (SSSR count). The van der Waals surface area contributed by atoms with Crippen molar-refractivity contribution in [1.82, 2.24) is 5.10 Å². The molecular weight excluding hydrogens is 291 g/mol. The molecule has 1 aromatic carbocycles. The quantitative estimate of drug-likeness (QED) is 0.582. The first-order valence-electron chi connectivity index (χ1n) is 6.35. The van der Waals surface area contributed by atoms with Gasteiger partial charge in [-0.15, -0.1) is 0 Å². The molecule has 7 heteroatoms. The van der Waals surface area contributed by atoms with Crippen LogP contribution in [0.15, 0.2) is 0 Å². The van der Waals surface area contributed by atoms with Gasteiger partial charge in [-0.05, 0) is 19.4 Å². The third-order valence-electron chi connectivity index (χ3n) is 3.60. The fourth-order valence-electron chi connectivity index (χ4n) is 2.57. The molecule has 0 aliphatic carbocycles. The summed E-state index contributed by atoms with van der Waals surface area (Å²) in [6.45, 7) is 4.10. The van der Waals surface area contributed by atoms with Crippen molar-refractivity contribution in [2.24, 2.45) is 7.05 Å². The van der Waals surface area contributed by atoms with Crippen molar-refractivity contribution in [3.8, 4) is 0 Å². The fraction of sp³-hybridized carbons (Fsp3) is 0.429. The summed E-state index contributed by atoms with van der Waals surface area (Å²) in [7, 11) is 1.32. The lowest BCUT2D eigenvalue weighted by atomic mass is 9.97. The van der Waals surface area contributed by atoms with Gasteiger partial charge in [0.1, 0.15) is 11.6 Å². The number of alkyl halides is 3. The second kappa shape index (κ2) is 4.89. The SMILES string of the molecule is CCc1c2c(F)c(C)c(F)c(C)c2c(C(F)(F)F)n[n+]1C. The van der Waals surface area contributed by atoms with E-state index in [1.165, 1.54) is 20.9 Å². The van der Waals surface area contributed by atoms with E-state index < -0.39 is 28.9 Å². The average Bonchev–Trinajstić information content (AvgIpc) is 2.40. The van der Waals surface area contributed by atoms with Gasteiger partial charge in [0.25, 0.3) is 0 Å². The van der Waals surface area contributed by atoms with Crippen molar-refractivity contribution in [1.29, 1.82) is 0 Å². The third-order valence-corrected chi connectivity index (χ3v) is 3.60. The lowest BCUT2D eigenvalue weighted by Crippen LogP contribution is -2.41. The van der Waals surface area contributed by atoms with Crippen molar-refractivity contribution >= 4 is 10.8 Å². The van der Waals surface area contributed by atoms with E-state index in [2.05, 4.69) is 5.10 Å². The van der Waals surface area contributed by atoms with Gasteiger partial charge in [-0.3, -0.25) is 0 Å². The van der Waals surface area contributed by atoms with Gasteiger partial charge < -0.3 is 0 Å². The molecule has 0 fully saturated rings. The zero-order valence-electron chi connectivity index (χ0n) is 12.0. The molecule has 0 unspecified atom stereocenters. The Morgan fingerprint density at radius 2 is 1.57 bits per heavy atom. The number of fused-ring (bicyclic) bond motifs is 1. The molecule has 0 radical (unpaired) electrons. The molecular formula is C14H14F5N2+. The van der Waals surface area contributed by atoms with E-state index in [1.54, 1.807) is 6.92 Å².